The topological polar surface area (TPSA) is 31.2 Å². The number of benzene rings is 8. The van der Waals surface area contributed by atoms with Crippen molar-refractivity contribution in [1.29, 1.82) is 0 Å². The summed E-state index contributed by atoms with van der Waals surface area (Å²) in [6.45, 7) is 13.8. The minimum atomic E-state index is -0.203. The molecule has 3 aromatic heterocycles. The number of hydrogen-bond acceptors (Lipinski definition) is 2. The fourth-order valence-corrected chi connectivity index (χ4v) is 9.37. The lowest BCUT2D eigenvalue weighted by Gasteiger charge is -2.24. The lowest BCUT2D eigenvalue weighted by molar-refractivity contribution is 0.557. The molecule has 0 saturated carbocycles. The molecule has 0 amide bonds. The van der Waals surface area contributed by atoms with Gasteiger partial charge >= 0.3 is 0 Å². The molecule has 0 atom stereocenters. The van der Waals surface area contributed by atoms with E-state index in [1.807, 2.05) is 6.07 Å². The van der Waals surface area contributed by atoms with E-state index in [9.17, 15) is 0 Å². The molecule has 0 aliphatic carbocycles. The Kier molecular flexibility index (Phi) is 7.68. The number of furan rings is 2. The molecule has 3 heterocycles. The van der Waals surface area contributed by atoms with Gasteiger partial charge in [0.15, 0.2) is 0 Å². The van der Waals surface area contributed by atoms with Crippen LogP contribution in [0.3, 0.4) is 0 Å². The SMILES string of the molecule is CC(C)(C)c1cc(-c2ccccc2)cc2c1oc1c(C(C)(C)C)cc(-c3ccccc3)c(-n3c4ccccc4c4cc(-c5cccc6c5oc5ccccc56)ccc43)c12. The Morgan fingerprint density at radius 3 is 1.73 bits per heavy atom. The van der Waals surface area contributed by atoms with E-state index in [-0.39, 0.29) is 10.8 Å². The van der Waals surface area contributed by atoms with Crippen LogP contribution in [0.15, 0.2) is 173 Å². The highest BCUT2D eigenvalue weighted by Crippen LogP contribution is 2.50. The molecule has 3 heteroatoms. The van der Waals surface area contributed by atoms with Gasteiger partial charge < -0.3 is 13.4 Å². The average Bonchev–Trinajstić information content (AvgIpc) is 3.92. The molecule has 0 bridgehead atoms. The standard InChI is InChI=1S/C56H45NO2/c1-55(2,3)45-32-37(34-18-9-7-10-19-34)31-44-50-51(42(35-20-11-8-12-21-35)33-46(56(4,5)6)54(50)59-53(44)45)57-47-26-15-13-22-39(47)43-30-36(28-29-48(43)57)38-24-17-25-41-40-23-14-16-27-49(40)58-52(38)41/h7-33H,1-6H3. The lowest BCUT2D eigenvalue weighted by atomic mass is 9.82. The van der Waals surface area contributed by atoms with E-state index in [1.165, 1.54) is 44.2 Å². The van der Waals surface area contributed by atoms with Crippen molar-refractivity contribution in [3.63, 3.8) is 0 Å². The second-order valence-electron chi connectivity index (χ2n) is 18.1. The Hall–Kier alpha value is -6.84. The van der Waals surface area contributed by atoms with Crippen LogP contribution in [0.5, 0.6) is 0 Å². The van der Waals surface area contributed by atoms with Crippen LogP contribution >= 0.6 is 0 Å². The van der Waals surface area contributed by atoms with E-state index in [0.29, 0.717) is 0 Å². The molecule has 11 rings (SSSR count). The van der Waals surface area contributed by atoms with Crippen molar-refractivity contribution in [2.75, 3.05) is 0 Å². The lowest BCUT2D eigenvalue weighted by Crippen LogP contribution is -2.13. The summed E-state index contributed by atoms with van der Waals surface area (Å²) in [5.41, 5.74) is 16.1. The van der Waals surface area contributed by atoms with Crippen LogP contribution in [-0.4, -0.2) is 4.57 Å². The van der Waals surface area contributed by atoms with Crippen molar-refractivity contribution >= 4 is 65.7 Å². The van der Waals surface area contributed by atoms with Crippen LogP contribution in [-0.2, 0) is 10.8 Å². The quantitative estimate of drug-likeness (QED) is 0.179. The fourth-order valence-electron chi connectivity index (χ4n) is 9.37. The minimum absolute atomic E-state index is 0.173. The first-order chi connectivity index (χ1) is 28.5. The first-order valence-corrected chi connectivity index (χ1v) is 20.7. The molecule has 0 saturated heterocycles. The molecule has 0 unspecified atom stereocenters. The molecule has 0 radical (unpaired) electrons. The highest BCUT2D eigenvalue weighted by Gasteiger charge is 2.31. The average molecular weight is 764 g/mol. The Morgan fingerprint density at radius 1 is 0.373 bits per heavy atom. The number of hydrogen-bond donors (Lipinski definition) is 0. The molecular weight excluding hydrogens is 719 g/mol. The van der Waals surface area contributed by atoms with Gasteiger partial charge in [0.2, 0.25) is 0 Å². The predicted octanol–water partition coefficient (Wildman–Crippen LogP) is 16.2. The van der Waals surface area contributed by atoms with Crippen molar-refractivity contribution in [1.82, 2.24) is 4.57 Å². The normalized spacial score (nSPS) is 12.6. The van der Waals surface area contributed by atoms with Crippen LogP contribution in [0.25, 0.3) is 105 Å². The van der Waals surface area contributed by atoms with Crippen molar-refractivity contribution in [3.8, 4) is 39.1 Å². The second kappa shape index (κ2) is 12.8. The zero-order valence-corrected chi connectivity index (χ0v) is 34.4. The van der Waals surface area contributed by atoms with Crippen molar-refractivity contribution in [2.45, 2.75) is 52.4 Å². The maximum atomic E-state index is 7.33. The molecule has 0 N–H and O–H groups in total. The predicted molar refractivity (Wildman–Crippen MR) is 249 cm³/mol. The summed E-state index contributed by atoms with van der Waals surface area (Å²) in [4.78, 5) is 0. The summed E-state index contributed by atoms with van der Waals surface area (Å²) in [6.07, 6.45) is 0. The molecule has 8 aromatic carbocycles. The highest BCUT2D eigenvalue weighted by atomic mass is 16.3. The minimum Gasteiger partial charge on any atom is -0.455 e. The van der Waals surface area contributed by atoms with Crippen molar-refractivity contribution < 1.29 is 8.83 Å². The van der Waals surface area contributed by atoms with Crippen LogP contribution in [0.1, 0.15) is 52.7 Å². The van der Waals surface area contributed by atoms with E-state index in [1.54, 1.807) is 0 Å². The Bertz CT molecular complexity index is 3440. The Morgan fingerprint density at radius 2 is 0.983 bits per heavy atom. The van der Waals surface area contributed by atoms with Gasteiger partial charge in [-0.1, -0.05) is 163 Å². The van der Waals surface area contributed by atoms with Gasteiger partial charge in [-0.15, -0.1) is 0 Å². The summed E-state index contributed by atoms with van der Waals surface area (Å²) in [7, 11) is 0. The van der Waals surface area contributed by atoms with E-state index in [2.05, 4.69) is 204 Å². The molecule has 286 valence electrons. The maximum absolute atomic E-state index is 7.33. The van der Waals surface area contributed by atoms with Crippen molar-refractivity contribution in [3.05, 3.63) is 175 Å². The van der Waals surface area contributed by atoms with Crippen LogP contribution in [0, 0.1) is 0 Å². The van der Waals surface area contributed by atoms with Gasteiger partial charge in [-0.2, -0.15) is 0 Å². The highest BCUT2D eigenvalue weighted by molar-refractivity contribution is 6.19. The summed E-state index contributed by atoms with van der Waals surface area (Å²) in [6, 6.07) is 59.4. The zero-order chi connectivity index (χ0) is 40.2. The molecular formula is C56H45NO2. The first kappa shape index (κ1) is 35.3. The van der Waals surface area contributed by atoms with Crippen LogP contribution in [0.4, 0.5) is 0 Å². The molecule has 0 aliphatic heterocycles. The summed E-state index contributed by atoms with van der Waals surface area (Å²) in [5.74, 6) is 0. The van der Waals surface area contributed by atoms with Gasteiger partial charge in [-0.05, 0) is 75.5 Å². The number of para-hydroxylation sites is 3. The molecule has 59 heavy (non-hydrogen) atoms. The van der Waals surface area contributed by atoms with Gasteiger partial charge in [0, 0.05) is 49.2 Å². The van der Waals surface area contributed by atoms with Crippen LogP contribution in [0.2, 0.25) is 0 Å². The third-order valence-corrected chi connectivity index (χ3v) is 12.2. The molecule has 3 nitrogen and oxygen atoms in total. The number of aromatic nitrogens is 1. The first-order valence-electron chi connectivity index (χ1n) is 20.7. The van der Waals surface area contributed by atoms with Gasteiger partial charge in [0.1, 0.15) is 22.3 Å². The van der Waals surface area contributed by atoms with Gasteiger partial charge in [0.25, 0.3) is 0 Å². The number of nitrogens with zero attached hydrogens (tertiary/aromatic N) is 1. The van der Waals surface area contributed by atoms with Crippen molar-refractivity contribution in [2.24, 2.45) is 0 Å². The third-order valence-electron chi connectivity index (χ3n) is 12.2. The smallest absolute Gasteiger partial charge is 0.143 e. The maximum Gasteiger partial charge on any atom is 0.143 e. The van der Waals surface area contributed by atoms with Gasteiger partial charge in [0.05, 0.1) is 22.1 Å². The third kappa shape index (κ3) is 5.48. The largest absolute Gasteiger partial charge is 0.455 e. The Labute approximate surface area is 344 Å². The molecule has 11 aromatic rings. The summed E-state index contributed by atoms with van der Waals surface area (Å²) in [5, 5.41) is 6.91. The summed E-state index contributed by atoms with van der Waals surface area (Å²) >= 11 is 0. The summed E-state index contributed by atoms with van der Waals surface area (Å²) < 4.78 is 16.4. The molecule has 0 fully saturated rings. The van der Waals surface area contributed by atoms with Crippen LogP contribution < -0.4 is 0 Å². The fraction of sp³-hybridized carbons (Fsp3) is 0.143. The van der Waals surface area contributed by atoms with E-state index < -0.39 is 0 Å². The molecule has 0 aliphatic rings. The number of rotatable bonds is 4. The van der Waals surface area contributed by atoms with E-state index in [4.69, 9.17) is 8.83 Å². The monoisotopic (exact) mass is 763 g/mol. The second-order valence-corrected chi connectivity index (χ2v) is 18.1. The number of fused-ring (bicyclic) bond motifs is 9. The Balaban J connectivity index is 1.30. The zero-order valence-electron chi connectivity index (χ0n) is 34.4. The van der Waals surface area contributed by atoms with Gasteiger partial charge in [-0.3, -0.25) is 0 Å². The van der Waals surface area contributed by atoms with E-state index in [0.717, 1.165) is 71.7 Å². The van der Waals surface area contributed by atoms with E-state index >= 15 is 0 Å². The molecule has 0 spiro atoms. The van der Waals surface area contributed by atoms with Gasteiger partial charge in [-0.25, -0.2) is 0 Å².